The van der Waals surface area contributed by atoms with Crippen LogP contribution in [0.15, 0.2) is 24.3 Å². The summed E-state index contributed by atoms with van der Waals surface area (Å²) in [5.41, 5.74) is 2.34. The van der Waals surface area contributed by atoms with Gasteiger partial charge in [0.05, 0.1) is 0 Å². The summed E-state index contributed by atoms with van der Waals surface area (Å²) in [5.74, 6) is 0.648. The first-order valence-electron chi connectivity index (χ1n) is 8.38. The number of hydrogen-bond donors (Lipinski definition) is 2. The lowest BCUT2D eigenvalue weighted by molar-refractivity contribution is 0.0981. The second-order valence-corrected chi connectivity index (χ2v) is 6.39. The minimum Gasteiger partial charge on any atom is -0.315 e. The maximum atomic E-state index is 4.01. The van der Waals surface area contributed by atoms with Crippen molar-refractivity contribution in [2.75, 3.05) is 39.3 Å². The summed E-state index contributed by atoms with van der Waals surface area (Å²) in [7, 11) is 0. The van der Waals surface area contributed by atoms with Gasteiger partial charge in [-0.2, -0.15) is 5.21 Å². The Labute approximate surface area is 136 Å². The summed E-state index contributed by atoms with van der Waals surface area (Å²) in [6.07, 6.45) is 1.30. The molecular formula is C16H23N7. The van der Waals surface area contributed by atoms with E-state index in [2.05, 4.69) is 60.0 Å². The van der Waals surface area contributed by atoms with E-state index in [0.717, 1.165) is 37.8 Å². The molecule has 2 aliphatic rings. The first kappa shape index (κ1) is 14.7. The third-order valence-electron chi connectivity index (χ3n) is 4.92. The number of H-pyrrole nitrogens is 1. The molecule has 0 amide bonds. The van der Waals surface area contributed by atoms with Gasteiger partial charge in [-0.1, -0.05) is 24.3 Å². The standard InChI is InChI=1S/C16H23N7/c1-3-14(16-18-20-21-19-16)4-2-13(1)12-22-7-9-23(10-8-22)15-5-6-17-11-15/h1-4,15,17H,5-12H2,(H,18,19,20,21)/t15-/m1/s1. The Hall–Kier alpha value is -1.83. The molecule has 23 heavy (non-hydrogen) atoms. The SMILES string of the molecule is c1cc(-c2nn[nH]n2)ccc1CN1CCN([C@@H]2CCNC2)CC1. The second-order valence-electron chi connectivity index (χ2n) is 6.39. The smallest absolute Gasteiger partial charge is 0.204 e. The van der Waals surface area contributed by atoms with Crippen LogP contribution in [0.3, 0.4) is 0 Å². The molecule has 0 aliphatic carbocycles. The first-order valence-corrected chi connectivity index (χ1v) is 8.38. The molecule has 0 saturated carbocycles. The fourth-order valence-corrected chi connectivity index (χ4v) is 3.54. The van der Waals surface area contributed by atoms with Gasteiger partial charge in [-0.05, 0) is 23.7 Å². The molecule has 0 unspecified atom stereocenters. The first-order chi connectivity index (χ1) is 11.4. The average molecular weight is 313 g/mol. The van der Waals surface area contributed by atoms with Crippen molar-refractivity contribution < 1.29 is 0 Å². The molecule has 2 N–H and O–H groups in total. The number of tetrazole rings is 1. The highest BCUT2D eigenvalue weighted by Gasteiger charge is 2.25. The molecule has 2 fully saturated rings. The molecular weight excluding hydrogens is 290 g/mol. The number of aromatic nitrogens is 4. The van der Waals surface area contributed by atoms with E-state index in [9.17, 15) is 0 Å². The van der Waals surface area contributed by atoms with Gasteiger partial charge in [0.15, 0.2) is 0 Å². The lowest BCUT2D eigenvalue weighted by atomic mass is 10.1. The van der Waals surface area contributed by atoms with Crippen LogP contribution in [0.2, 0.25) is 0 Å². The van der Waals surface area contributed by atoms with Crippen molar-refractivity contribution in [1.29, 1.82) is 0 Å². The Morgan fingerprint density at radius 2 is 1.91 bits per heavy atom. The highest BCUT2D eigenvalue weighted by Crippen LogP contribution is 2.17. The molecule has 1 aromatic carbocycles. The van der Waals surface area contributed by atoms with Crippen LogP contribution < -0.4 is 5.32 Å². The maximum absolute atomic E-state index is 4.01. The van der Waals surface area contributed by atoms with Crippen molar-refractivity contribution in [2.45, 2.75) is 19.0 Å². The van der Waals surface area contributed by atoms with E-state index < -0.39 is 0 Å². The minimum atomic E-state index is 0.648. The van der Waals surface area contributed by atoms with Crippen LogP contribution in [0.4, 0.5) is 0 Å². The zero-order valence-electron chi connectivity index (χ0n) is 13.3. The predicted octanol–water partition coefficient (Wildman–Crippen LogP) is 0.346. The predicted molar refractivity (Wildman–Crippen MR) is 87.7 cm³/mol. The number of nitrogens with zero attached hydrogens (tertiary/aromatic N) is 5. The largest absolute Gasteiger partial charge is 0.315 e. The Kier molecular flexibility index (Phi) is 4.32. The summed E-state index contributed by atoms with van der Waals surface area (Å²) in [5, 5.41) is 17.6. The molecule has 7 nitrogen and oxygen atoms in total. The Morgan fingerprint density at radius 1 is 1.09 bits per heavy atom. The molecule has 122 valence electrons. The zero-order chi connectivity index (χ0) is 15.5. The minimum absolute atomic E-state index is 0.648. The number of aromatic amines is 1. The van der Waals surface area contributed by atoms with Gasteiger partial charge in [0.2, 0.25) is 5.82 Å². The van der Waals surface area contributed by atoms with Crippen LogP contribution >= 0.6 is 0 Å². The van der Waals surface area contributed by atoms with E-state index in [4.69, 9.17) is 0 Å². The van der Waals surface area contributed by atoms with Crippen molar-refractivity contribution >= 4 is 0 Å². The molecule has 4 rings (SSSR count). The number of benzene rings is 1. The fourth-order valence-electron chi connectivity index (χ4n) is 3.54. The van der Waals surface area contributed by atoms with E-state index in [1.165, 1.54) is 31.6 Å². The third kappa shape index (κ3) is 3.41. The van der Waals surface area contributed by atoms with Gasteiger partial charge in [0.25, 0.3) is 0 Å². The molecule has 2 saturated heterocycles. The molecule has 2 aliphatic heterocycles. The summed E-state index contributed by atoms with van der Waals surface area (Å²) in [4.78, 5) is 5.19. The highest BCUT2D eigenvalue weighted by atomic mass is 15.5. The van der Waals surface area contributed by atoms with Gasteiger partial charge in [-0.3, -0.25) is 9.80 Å². The van der Waals surface area contributed by atoms with Gasteiger partial charge >= 0.3 is 0 Å². The summed E-state index contributed by atoms with van der Waals surface area (Å²) in [6, 6.07) is 9.23. The highest BCUT2D eigenvalue weighted by molar-refractivity contribution is 5.54. The van der Waals surface area contributed by atoms with Gasteiger partial charge in [-0.25, -0.2) is 0 Å². The molecule has 7 heteroatoms. The quantitative estimate of drug-likeness (QED) is 0.848. The lowest BCUT2D eigenvalue weighted by Crippen LogP contribution is -2.50. The summed E-state index contributed by atoms with van der Waals surface area (Å²) in [6.45, 7) is 8.05. The normalized spacial score (nSPS) is 23.4. The van der Waals surface area contributed by atoms with Gasteiger partial charge in [0, 0.05) is 50.9 Å². The number of hydrogen-bond acceptors (Lipinski definition) is 6. The van der Waals surface area contributed by atoms with Crippen molar-refractivity contribution in [3.05, 3.63) is 29.8 Å². The van der Waals surface area contributed by atoms with Crippen molar-refractivity contribution in [2.24, 2.45) is 0 Å². The summed E-state index contributed by atoms with van der Waals surface area (Å²) >= 11 is 0. The fraction of sp³-hybridized carbons (Fsp3) is 0.562. The van der Waals surface area contributed by atoms with E-state index in [0.29, 0.717) is 5.82 Å². The topological polar surface area (TPSA) is 73.0 Å². The average Bonchev–Trinajstić information content (AvgIpc) is 3.30. The molecule has 0 bridgehead atoms. The molecule has 1 atom stereocenters. The third-order valence-corrected chi connectivity index (χ3v) is 4.92. The van der Waals surface area contributed by atoms with Crippen LogP contribution in [0.25, 0.3) is 11.4 Å². The van der Waals surface area contributed by atoms with Crippen molar-refractivity contribution in [3.8, 4) is 11.4 Å². The van der Waals surface area contributed by atoms with Crippen LogP contribution in [0.5, 0.6) is 0 Å². The summed E-state index contributed by atoms with van der Waals surface area (Å²) < 4.78 is 0. The second kappa shape index (κ2) is 6.74. The van der Waals surface area contributed by atoms with Crippen LogP contribution in [0, 0.1) is 0 Å². The Morgan fingerprint density at radius 3 is 2.57 bits per heavy atom. The van der Waals surface area contributed by atoms with Crippen molar-refractivity contribution in [3.63, 3.8) is 0 Å². The molecule has 0 spiro atoms. The number of nitrogens with one attached hydrogen (secondary N) is 2. The molecule has 1 aromatic heterocycles. The lowest BCUT2D eigenvalue weighted by Gasteiger charge is -2.37. The number of piperazine rings is 1. The van der Waals surface area contributed by atoms with Crippen molar-refractivity contribution in [1.82, 2.24) is 35.7 Å². The van der Waals surface area contributed by atoms with E-state index in [1.54, 1.807) is 0 Å². The van der Waals surface area contributed by atoms with E-state index in [-0.39, 0.29) is 0 Å². The zero-order valence-corrected chi connectivity index (χ0v) is 13.3. The van der Waals surface area contributed by atoms with Crippen LogP contribution in [0.1, 0.15) is 12.0 Å². The maximum Gasteiger partial charge on any atom is 0.204 e. The van der Waals surface area contributed by atoms with E-state index >= 15 is 0 Å². The van der Waals surface area contributed by atoms with Crippen LogP contribution in [-0.2, 0) is 6.54 Å². The monoisotopic (exact) mass is 313 g/mol. The van der Waals surface area contributed by atoms with Gasteiger partial charge in [0.1, 0.15) is 0 Å². The molecule has 2 aromatic rings. The molecule has 0 radical (unpaired) electrons. The van der Waals surface area contributed by atoms with Gasteiger partial charge in [-0.15, -0.1) is 10.2 Å². The van der Waals surface area contributed by atoms with Crippen LogP contribution in [-0.4, -0.2) is 75.7 Å². The Balaban J connectivity index is 1.31. The van der Waals surface area contributed by atoms with E-state index in [1.807, 2.05) is 0 Å². The Bertz CT molecular complexity index is 596. The molecule has 3 heterocycles. The van der Waals surface area contributed by atoms with Gasteiger partial charge < -0.3 is 5.32 Å². The number of rotatable bonds is 4.